The van der Waals surface area contributed by atoms with Crippen molar-refractivity contribution in [1.29, 1.82) is 0 Å². The van der Waals surface area contributed by atoms with E-state index in [0.29, 0.717) is 30.1 Å². The van der Waals surface area contributed by atoms with Gasteiger partial charge in [0.1, 0.15) is 17.1 Å². The molecule has 4 nitrogen and oxygen atoms in total. The summed E-state index contributed by atoms with van der Waals surface area (Å²) >= 11 is 0. The van der Waals surface area contributed by atoms with Crippen molar-refractivity contribution in [2.75, 3.05) is 27.4 Å². The van der Waals surface area contributed by atoms with Gasteiger partial charge in [0.2, 0.25) is 0 Å². The quantitative estimate of drug-likeness (QED) is 0.841. The number of aliphatic hydroxyl groups is 1. The van der Waals surface area contributed by atoms with E-state index in [4.69, 9.17) is 14.2 Å². The van der Waals surface area contributed by atoms with Crippen molar-refractivity contribution in [3.8, 4) is 11.5 Å². The normalized spacial score (nSPS) is 24.4. The fraction of sp³-hybridized carbons (Fsp3) is 0.500. The van der Waals surface area contributed by atoms with E-state index in [1.807, 2.05) is 18.2 Å². The van der Waals surface area contributed by atoms with Crippen LogP contribution in [0.3, 0.4) is 0 Å². The molecule has 0 aromatic heterocycles. The Hall–Kier alpha value is -1.26. The summed E-state index contributed by atoms with van der Waals surface area (Å²) in [7, 11) is 3.16. The summed E-state index contributed by atoms with van der Waals surface area (Å²) < 4.78 is 15.8. The monoisotopic (exact) mass is 224 g/mol. The average molecular weight is 224 g/mol. The van der Waals surface area contributed by atoms with Gasteiger partial charge in [-0.2, -0.15) is 0 Å². The highest BCUT2D eigenvalue weighted by Crippen LogP contribution is 2.41. The first-order valence-electron chi connectivity index (χ1n) is 5.23. The summed E-state index contributed by atoms with van der Waals surface area (Å²) in [6, 6.07) is 5.46. The molecular weight excluding hydrogens is 208 g/mol. The van der Waals surface area contributed by atoms with Crippen LogP contribution in [0.1, 0.15) is 12.0 Å². The Bertz CT molecular complexity index is 347. The Morgan fingerprint density at radius 3 is 2.31 bits per heavy atom. The van der Waals surface area contributed by atoms with E-state index in [0.717, 1.165) is 0 Å². The highest BCUT2D eigenvalue weighted by Gasteiger charge is 2.39. The molecule has 2 rings (SSSR count). The molecule has 1 N–H and O–H groups in total. The fourth-order valence-corrected chi connectivity index (χ4v) is 2.06. The summed E-state index contributed by atoms with van der Waals surface area (Å²) in [5, 5.41) is 10.5. The van der Waals surface area contributed by atoms with Gasteiger partial charge in [-0.3, -0.25) is 0 Å². The topological polar surface area (TPSA) is 47.9 Å². The minimum atomic E-state index is -1.00. The van der Waals surface area contributed by atoms with Crippen molar-refractivity contribution < 1.29 is 19.3 Å². The molecule has 1 aliphatic heterocycles. The summed E-state index contributed by atoms with van der Waals surface area (Å²) in [6.07, 6.45) is 0.559. The first-order valence-corrected chi connectivity index (χ1v) is 5.23. The number of methoxy groups -OCH3 is 2. The number of ether oxygens (including phenoxy) is 3. The van der Waals surface area contributed by atoms with Gasteiger partial charge < -0.3 is 19.3 Å². The molecule has 0 aliphatic carbocycles. The van der Waals surface area contributed by atoms with Crippen molar-refractivity contribution in [3.63, 3.8) is 0 Å². The van der Waals surface area contributed by atoms with Gasteiger partial charge in [-0.05, 0) is 12.1 Å². The van der Waals surface area contributed by atoms with E-state index in [1.165, 1.54) is 0 Å². The van der Waals surface area contributed by atoms with Gasteiger partial charge in [-0.25, -0.2) is 0 Å². The van der Waals surface area contributed by atoms with Crippen molar-refractivity contribution in [1.82, 2.24) is 0 Å². The van der Waals surface area contributed by atoms with Crippen LogP contribution in [0.25, 0.3) is 0 Å². The second-order valence-corrected chi connectivity index (χ2v) is 3.87. The molecule has 0 radical (unpaired) electrons. The third kappa shape index (κ3) is 1.74. The van der Waals surface area contributed by atoms with E-state index in [1.54, 1.807) is 14.2 Å². The second-order valence-electron chi connectivity index (χ2n) is 3.87. The molecule has 1 aromatic carbocycles. The first-order chi connectivity index (χ1) is 7.71. The standard InChI is InChI=1S/C12H16O4/c1-14-9-4-3-5-10(15-2)11(9)12(13)6-7-16-8-12/h3-5,13H,6-8H2,1-2H3. The molecule has 0 bridgehead atoms. The largest absolute Gasteiger partial charge is 0.496 e. The van der Waals surface area contributed by atoms with E-state index < -0.39 is 5.60 Å². The minimum absolute atomic E-state index is 0.281. The van der Waals surface area contributed by atoms with Crippen molar-refractivity contribution in [2.45, 2.75) is 12.0 Å². The van der Waals surface area contributed by atoms with Crippen LogP contribution in [0.2, 0.25) is 0 Å². The Labute approximate surface area is 94.8 Å². The minimum Gasteiger partial charge on any atom is -0.496 e. The molecule has 1 heterocycles. The predicted octanol–water partition coefficient (Wildman–Crippen LogP) is 1.31. The number of hydrogen-bond acceptors (Lipinski definition) is 4. The molecule has 16 heavy (non-hydrogen) atoms. The van der Waals surface area contributed by atoms with Crippen molar-refractivity contribution in [2.24, 2.45) is 0 Å². The van der Waals surface area contributed by atoms with E-state index >= 15 is 0 Å². The van der Waals surface area contributed by atoms with Crippen LogP contribution in [-0.2, 0) is 10.3 Å². The Morgan fingerprint density at radius 2 is 1.88 bits per heavy atom. The molecule has 88 valence electrons. The Morgan fingerprint density at radius 1 is 1.25 bits per heavy atom. The summed E-state index contributed by atoms with van der Waals surface area (Å²) in [5.41, 5.74) is -0.324. The van der Waals surface area contributed by atoms with Crippen molar-refractivity contribution >= 4 is 0 Å². The van der Waals surface area contributed by atoms with Crippen LogP contribution in [0.5, 0.6) is 11.5 Å². The maximum absolute atomic E-state index is 10.5. The molecule has 0 amide bonds. The SMILES string of the molecule is COc1cccc(OC)c1C1(O)CCOC1. The summed E-state index contributed by atoms with van der Waals surface area (Å²) in [6.45, 7) is 0.835. The van der Waals surface area contributed by atoms with Crippen LogP contribution < -0.4 is 9.47 Å². The fourth-order valence-electron chi connectivity index (χ4n) is 2.06. The summed E-state index contributed by atoms with van der Waals surface area (Å²) in [5.74, 6) is 1.26. The van der Waals surface area contributed by atoms with Gasteiger partial charge in [-0.1, -0.05) is 6.07 Å². The molecule has 1 aliphatic rings. The van der Waals surface area contributed by atoms with Gasteiger partial charge >= 0.3 is 0 Å². The average Bonchev–Trinajstić information content (AvgIpc) is 2.76. The number of benzene rings is 1. The highest BCUT2D eigenvalue weighted by atomic mass is 16.5. The molecule has 4 heteroatoms. The smallest absolute Gasteiger partial charge is 0.128 e. The number of rotatable bonds is 3. The zero-order valence-electron chi connectivity index (χ0n) is 9.53. The van der Waals surface area contributed by atoms with Crippen LogP contribution >= 0.6 is 0 Å². The molecular formula is C12H16O4. The van der Waals surface area contributed by atoms with Crippen LogP contribution in [0.4, 0.5) is 0 Å². The maximum Gasteiger partial charge on any atom is 0.128 e. The first kappa shape index (κ1) is 11.2. The molecule has 0 spiro atoms. The van der Waals surface area contributed by atoms with Gasteiger partial charge in [0.15, 0.2) is 0 Å². The van der Waals surface area contributed by atoms with Crippen molar-refractivity contribution in [3.05, 3.63) is 23.8 Å². The molecule has 1 unspecified atom stereocenters. The molecule has 1 aromatic rings. The highest BCUT2D eigenvalue weighted by molar-refractivity contribution is 5.49. The van der Waals surface area contributed by atoms with E-state index in [9.17, 15) is 5.11 Å². The van der Waals surface area contributed by atoms with Crippen LogP contribution in [-0.4, -0.2) is 32.5 Å². The second kappa shape index (κ2) is 4.31. The third-order valence-electron chi connectivity index (χ3n) is 2.89. The zero-order chi connectivity index (χ0) is 11.6. The van der Waals surface area contributed by atoms with Gasteiger partial charge in [0.05, 0.1) is 26.4 Å². The lowest BCUT2D eigenvalue weighted by atomic mass is 9.91. The number of hydrogen-bond donors (Lipinski definition) is 1. The van der Waals surface area contributed by atoms with Crippen LogP contribution in [0, 0.1) is 0 Å². The van der Waals surface area contributed by atoms with E-state index in [-0.39, 0.29) is 6.61 Å². The Kier molecular flexibility index (Phi) is 3.03. The Balaban J connectivity index is 2.51. The molecule has 1 fully saturated rings. The van der Waals surface area contributed by atoms with Crippen LogP contribution in [0.15, 0.2) is 18.2 Å². The van der Waals surface area contributed by atoms with Gasteiger partial charge in [0.25, 0.3) is 0 Å². The van der Waals surface area contributed by atoms with Gasteiger partial charge in [-0.15, -0.1) is 0 Å². The predicted molar refractivity (Wildman–Crippen MR) is 58.9 cm³/mol. The van der Waals surface area contributed by atoms with E-state index in [2.05, 4.69) is 0 Å². The zero-order valence-corrected chi connectivity index (χ0v) is 9.53. The third-order valence-corrected chi connectivity index (χ3v) is 2.89. The lowest BCUT2D eigenvalue weighted by Crippen LogP contribution is -2.27. The maximum atomic E-state index is 10.5. The lowest BCUT2D eigenvalue weighted by molar-refractivity contribution is 0.0192. The molecule has 1 saturated heterocycles. The lowest BCUT2D eigenvalue weighted by Gasteiger charge is -2.25. The molecule has 0 saturated carbocycles. The van der Waals surface area contributed by atoms with Gasteiger partial charge in [0, 0.05) is 13.0 Å². The molecule has 1 atom stereocenters. The summed E-state index contributed by atoms with van der Waals surface area (Å²) in [4.78, 5) is 0.